The van der Waals surface area contributed by atoms with Crippen molar-refractivity contribution in [1.29, 1.82) is 0 Å². The third kappa shape index (κ3) is 2.48. The molecule has 0 atom stereocenters. The minimum atomic E-state index is 0.444. The summed E-state index contributed by atoms with van der Waals surface area (Å²) in [6, 6.07) is 3.34. The van der Waals surface area contributed by atoms with Crippen molar-refractivity contribution in [2.75, 3.05) is 0 Å². The topological polar surface area (TPSA) is 12.9 Å². The fourth-order valence-electron chi connectivity index (χ4n) is 1.09. The first-order chi connectivity index (χ1) is 7.08. The highest BCUT2D eigenvalue weighted by molar-refractivity contribution is 9.11. The second-order valence-electron chi connectivity index (χ2n) is 2.73. The number of halogens is 4. The first-order valence-electron chi connectivity index (χ1n) is 3.84. The Hall–Kier alpha value is 0.200. The van der Waals surface area contributed by atoms with Crippen LogP contribution in [0.4, 0.5) is 0 Å². The van der Waals surface area contributed by atoms with Crippen LogP contribution in [-0.4, -0.2) is 4.98 Å². The lowest BCUT2D eigenvalue weighted by molar-refractivity contribution is 1.37. The van der Waals surface area contributed by atoms with Crippen LogP contribution in [0.3, 0.4) is 0 Å². The number of hydrogen-bond acceptors (Lipinski definition) is 2. The van der Waals surface area contributed by atoms with Crippen molar-refractivity contribution in [3.05, 3.63) is 36.5 Å². The first kappa shape index (κ1) is 11.7. The molecule has 1 aromatic carbocycles. The van der Waals surface area contributed by atoms with Crippen LogP contribution in [0.5, 0.6) is 0 Å². The van der Waals surface area contributed by atoms with Crippen LogP contribution in [0.1, 0.15) is 0 Å². The highest BCUT2D eigenvalue weighted by atomic mass is 79.9. The standard InChI is InChI=1S/C9H3BrCl3NS/c10-9-14-8(3-15-9)4-1-6(12)7(13)2-5(4)11/h1-3H. The molecule has 0 unspecified atom stereocenters. The fraction of sp³-hybridized carbons (Fsp3) is 0. The largest absolute Gasteiger partial charge is 0.229 e. The molecule has 1 heterocycles. The first-order valence-corrected chi connectivity index (χ1v) is 6.64. The van der Waals surface area contributed by atoms with Crippen molar-refractivity contribution in [1.82, 2.24) is 4.98 Å². The normalized spacial score (nSPS) is 10.7. The molecule has 0 aliphatic heterocycles. The van der Waals surface area contributed by atoms with Gasteiger partial charge < -0.3 is 0 Å². The molecule has 0 N–H and O–H groups in total. The van der Waals surface area contributed by atoms with Crippen LogP contribution >= 0.6 is 62.1 Å². The van der Waals surface area contributed by atoms with Crippen LogP contribution in [0.25, 0.3) is 11.3 Å². The van der Waals surface area contributed by atoms with E-state index in [4.69, 9.17) is 34.8 Å². The number of rotatable bonds is 1. The van der Waals surface area contributed by atoms with Gasteiger partial charge in [0.1, 0.15) is 0 Å². The van der Waals surface area contributed by atoms with E-state index in [1.165, 1.54) is 11.3 Å². The van der Waals surface area contributed by atoms with E-state index in [9.17, 15) is 0 Å². The molecular formula is C9H3BrCl3NS. The summed E-state index contributed by atoms with van der Waals surface area (Å²) in [6.07, 6.45) is 0. The quantitative estimate of drug-likeness (QED) is 0.620. The smallest absolute Gasteiger partial charge is 0.159 e. The molecule has 0 fully saturated rings. The van der Waals surface area contributed by atoms with Gasteiger partial charge in [0.05, 0.1) is 20.8 Å². The molecule has 0 bridgehead atoms. The van der Waals surface area contributed by atoms with Crippen LogP contribution in [-0.2, 0) is 0 Å². The highest BCUT2D eigenvalue weighted by Gasteiger charge is 2.10. The van der Waals surface area contributed by atoms with Crippen molar-refractivity contribution >= 4 is 62.1 Å². The maximum atomic E-state index is 6.05. The van der Waals surface area contributed by atoms with Gasteiger partial charge in [-0.15, -0.1) is 11.3 Å². The van der Waals surface area contributed by atoms with E-state index in [2.05, 4.69) is 20.9 Å². The van der Waals surface area contributed by atoms with Crippen molar-refractivity contribution in [3.8, 4) is 11.3 Å². The molecule has 0 amide bonds. The predicted octanol–water partition coefficient (Wildman–Crippen LogP) is 5.53. The van der Waals surface area contributed by atoms with E-state index >= 15 is 0 Å². The Kier molecular flexibility index (Phi) is 3.58. The third-order valence-electron chi connectivity index (χ3n) is 1.76. The summed E-state index contributed by atoms with van der Waals surface area (Å²) in [5.74, 6) is 0. The molecule has 78 valence electrons. The predicted molar refractivity (Wildman–Crippen MR) is 70.3 cm³/mol. The summed E-state index contributed by atoms with van der Waals surface area (Å²) in [5.41, 5.74) is 1.57. The second-order valence-corrected chi connectivity index (χ2v) is 6.09. The summed E-state index contributed by atoms with van der Waals surface area (Å²) < 4.78 is 0.805. The summed E-state index contributed by atoms with van der Waals surface area (Å²) in [6.45, 7) is 0. The average Bonchev–Trinajstić information content (AvgIpc) is 2.58. The summed E-state index contributed by atoms with van der Waals surface area (Å²) >= 11 is 22.6. The van der Waals surface area contributed by atoms with E-state index in [1.807, 2.05) is 5.38 Å². The van der Waals surface area contributed by atoms with Gasteiger partial charge >= 0.3 is 0 Å². The molecule has 6 heteroatoms. The lowest BCUT2D eigenvalue weighted by Gasteiger charge is -2.03. The summed E-state index contributed by atoms with van der Waals surface area (Å²) in [5, 5.41) is 3.36. The van der Waals surface area contributed by atoms with Crippen molar-refractivity contribution in [2.24, 2.45) is 0 Å². The van der Waals surface area contributed by atoms with Gasteiger partial charge in [-0.05, 0) is 28.1 Å². The van der Waals surface area contributed by atoms with Crippen LogP contribution < -0.4 is 0 Å². The molecule has 2 aromatic rings. The zero-order valence-corrected chi connectivity index (χ0v) is 11.8. The number of aromatic nitrogens is 1. The molecule has 2 rings (SSSR count). The van der Waals surface area contributed by atoms with Crippen LogP contribution in [0.15, 0.2) is 21.4 Å². The Morgan fingerprint density at radius 2 is 1.73 bits per heavy atom. The Bertz CT molecular complexity index is 512. The number of hydrogen-bond donors (Lipinski definition) is 0. The Labute approximate surface area is 114 Å². The Morgan fingerprint density at radius 3 is 2.33 bits per heavy atom. The highest BCUT2D eigenvalue weighted by Crippen LogP contribution is 2.36. The third-order valence-corrected chi connectivity index (χ3v) is 4.16. The summed E-state index contributed by atoms with van der Waals surface area (Å²) in [4.78, 5) is 4.26. The molecule has 15 heavy (non-hydrogen) atoms. The van der Waals surface area contributed by atoms with Gasteiger partial charge in [0.15, 0.2) is 3.92 Å². The monoisotopic (exact) mass is 341 g/mol. The lowest BCUT2D eigenvalue weighted by atomic mass is 10.2. The van der Waals surface area contributed by atoms with Gasteiger partial charge in [0.2, 0.25) is 0 Å². The zero-order valence-electron chi connectivity index (χ0n) is 7.10. The lowest BCUT2D eigenvalue weighted by Crippen LogP contribution is -1.81. The maximum absolute atomic E-state index is 6.05. The second kappa shape index (κ2) is 4.60. The van der Waals surface area contributed by atoms with Gasteiger partial charge in [-0.2, -0.15) is 0 Å². The molecule has 0 aliphatic rings. The average molecular weight is 343 g/mol. The van der Waals surface area contributed by atoms with E-state index in [1.54, 1.807) is 12.1 Å². The minimum absolute atomic E-state index is 0.444. The van der Waals surface area contributed by atoms with Crippen molar-refractivity contribution in [2.45, 2.75) is 0 Å². The number of nitrogens with zero attached hydrogens (tertiary/aromatic N) is 1. The minimum Gasteiger partial charge on any atom is -0.229 e. The fourth-order valence-corrected chi connectivity index (χ4v) is 2.75. The SMILES string of the molecule is Clc1cc(Cl)c(-c2csc(Br)n2)cc1Cl. The molecule has 1 aromatic heterocycles. The molecule has 1 nitrogen and oxygen atoms in total. The van der Waals surface area contributed by atoms with Gasteiger partial charge in [0.25, 0.3) is 0 Å². The number of thiazole rings is 1. The van der Waals surface area contributed by atoms with Gasteiger partial charge in [-0.1, -0.05) is 34.8 Å². The Balaban J connectivity index is 2.58. The number of benzene rings is 1. The Morgan fingerprint density at radius 1 is 1.07 bits per heavy atom. The molecule has 0 spiro atoms. The van der Waals surface area contributed by atoms with Gasteiger partial charge in [-0.3, -0.25) is 0 Å². The summed E-state index contributed by atoms with van der Waals surface area (Å²) in [7, 11) is 0. The van der Waals surface area contributed by atoms with Crippen molar-refractivity contribution in [3.63, 3.8) is 0 Å². The molecule has 0 saturated carbocycles. The van der Waals surface area contributed by atoms with E-state index in [0.717, 1.165) is 15.2 Å². The van der Waals surface area contributed by atoms with E-state index in [0.29, 0.717) is 15.1 Å². The van der Waals surface area contributed by atoms with Crippen LogP contribution in [0.2, 0.25) is 15.1 Å². The van der Waals surface area contributed by atoms with Gasteiger partial charge in [-0.25, -0.2) is 4.98 Å². The maximum Gasteiger partial charge on any atom is 0.159 e. The van der Waals surface area contributed by atoms with Crippen molar-refractivity contribution < 1.29 is 0 Å². The molecule has 0 saturated heterocycles. The zero-order chi connectivity index (χ0) is 11.0. The van der Waals surface area contributed by atoms with E-state index < -0.39 is 0 Å². The van der Waals surface area contributed by atoms with Gasteiger partial charge in [0, 0.05) is 10.9 Å². The van der Waals surface area contributed by atoms with E-state index in [-0.39, 0.29) is 0 Å². The molecule has 0 radical (unpaired) electrons. The molecule has 0 aliphatic carbocycles. The van der Waals surface area contributed by atoms with Crippen LogP contribution in [0, 0.1) is 0 Å². The molecular weight excluding hydrogens is 340 g/mol.